The van der Waals surface area contributed by atoms with Crippen molar-refractivity contribution in [3.8, 4) is 0 Å². The van der Waals surface area contributed by atoms with Crippen molar-refractivity contribution in [3.63, 3.8) is 0 Å². The molecule has 14 heavy (non-hydrogen) atoms. The van der Waals surface area contributed by atoms with E-state index in [2.05, 4.69) is 88.0 Å². The summed E-state index contributed by atoms with van der Waals surface area (Å²) in [5.41, 5.74) is 2.68. The lowest BCUT2D eigenvalue weighted by molar-refractivity contribution is 1.09. The average molecular weight is 450 g/mol. The Kier molecular flexibility index (Phi) is 6.29. The Hall–Kier alpha value is 1.14. The van der Waals surface area contributed by atoms with E-state index in [1.807, 2.05) is 0 Å². The van der Waals surface area contributed by atoms with Gasteiger partial charge in [0, 0.05) is 0 Å². The van der Waals surface area contributed by atoms with Gasteiger partial charge in [-0.05, 0) is 24.0 Å². The Balaban J connectivity index is 2.59. The van der Waals surface area contributed by atoms with Crippen LogP contribution in [0.25, 0.3) is 0 Å². The van der Waals surface area contributed by atoms with E-state index >= 15 is 0 Å². The third-order valence-corrected chi connectivity index (χ3v) is 3.10. The summed E-state index contributed by atoms with van der Waals surface area (Å²) in [4.78, 5) is 0. The van der Waals surface area contributed by atoms with E-state index in [1.165, 1.54) is 11.1 Å². The zero-order chi connectivity index (χ0) is 10.6. The second-order valence-corrected chi connectivity index (χ2v) is 9.89. The van der Waals surface area contributed by atoms with Crippen molar-refractivity contribution < 1.29 is 0 Å². The summed E-state index contributed by atoms with van der Waals surface area (Å²) in [7, 11) is 0. The van der Waals surface area contributed by atoms with Crippen molar-refractivity contribution in [3.05, 3.63) is 35.4 Å². The van der Waals surface area contributed by atoms with Crippen LogP contribution in [0.1, 0.15) is 11.1 Å². The molecule has 0 aromatic heterocycles. The first-order valence-corrected chi connectivity index (χ1v) is 7.88. The Labute approximate surface area is 118 Å². The summed E-state index contributed by atoms with van der Waals surface area (Å²) >= 11 is 13.9. The van der Waals surface area contributed by atoms with E-state index in [0.29, 0.717) is 7.47 Å². The van der Waals surface area contributed by atoms with Gasteiger partial charge in [-0.25, -0.2) is 0 Å². The lowest BCUT2D eigenvalue weighted by Crippen LogP contribution is -1.95. The van der Waals surface area contributed by atoms with Gasteiger partial charge in [0.15, 0.2) is 0 Å². The number of hydrogen-bond donors (Lipinski definition) is 0. The molecule has 0 aliphatic heterocycles. The molecule has 0 heterocycles. The van der Waals surface area contributed by atoms with Gasteiger partial charge in [0.05, 0.1) is 7.47 Å². The number of halogens is 4. The third-order valence-electron chi connectivity index (χ3n) is 1.80. The molecule has 0 amide bonds. The summed E-state index contributed by atoms with van der Waals surface area (Å²) < 4.78 is 0.724. The highest BCUT2D eigenvalue weighted by molar-refractivity contribution is 9.25. The van der Waals surface area contributed by atoms with Crippen molar-refractivity contribution in [2.45, 2.75) is 20.3 Å². The van der Waals surface area contributed by atoms with Crippen molar-refractivity contribution >= 4 is 63.7 Å². The molecule has 0 fully saturated rings. The SMILES string of the molecule is BrC(Br)Cc1ccc(CC(Br)Br)cc1. The first kappa shape index (κ1) is 13.2. The standard InChI is InChI=1S/C10H10Br4/c11-9(12)5-7-1-2-8(4-3-7)6-10(13)14/h1-4,9-10H,5-6H2. The first-order valence-electron chi connectivity index (χ1n) is 4.22. The molecule has 1 aromatic rings. The van der Waals surface area contributed by atoms with Crippen LogP contribution in [-0.2, 0) is 12.8 Å². The Morgan fingerprint density at radius 3 is 1.21 bits per heavy atom. The van der Waals surface area contributed by atoms with Crippen LogP contribution >= 0.6 is 63.7 Å². The average Bonchev–Trinajstić information content (AvgIpc) is 2.06. The molecule has 78 valence electrons. The molecule has 0 bridgehead atoms. The highest BCUT2D eigenvalue weighted by Crippen LogP contribution is 2.18. The fourth-order valence-electron chi connectivity index (χ4n) is 1.17. The maximum atomic E-state index is 3.47. The Morgan fingerprint density at radius 2 is 1.00 bits per heavy atom. The maximum absolute atomic E-state index is 3.47. The molecule has 0 spiro atoms. The van der Waals surface area contributed by atoms with E-state index in [4.69, 9.17) is 0 Å². The second kappa shape index (κ2) is 6.66. The van der Waals surface area contributed by atoms with Crippen molar-refractivity contribution in [2.24, 2.45) is 0 Å². The van der Waals surface area contributed by atoms with Gasteiger partial charge < -0.3 is 0 Å². The first-order chi connectivity index (χ1) is 6.58. The monoisotopic (exact) mass is 446 g/mol. The zero-order valence-corrected chi connectivity index (χ0v) is 13.7. The van der Waals surface area contributed by atoms with Crippen LogP contribution in [0, 0.1) is 0 Å². The summed E-state index contributed by atoms with van der Waals surface area (Å²) in [6, 6.07) is 8.70. The molecule has 0 aliphatic carbocycles. The molecule has 0 saturated heterocycles. The molecule has 0 saturated carbocycles. The van der Waals surface area contributed by atoms with Gasteiger partial charge >= 0.3 is 0 Å². The van der Waals surface area contributed by atoms with Gasteiger partial charge in [0.25, 0.3) is 0 Å². The molecule has 0 nitrogen and oxygen atoms in total. The van der Waals surface area contributed by atoms with Gasteiger partial charge in [-0.3, -0.25) is 0 Å². The fraction of sp³-hybridized carbons (Fsp3) is 0.400. The summed E-state index contributed by atoms with van der Waals surface area (Å²) in [6.45, 7) is 0. The fourth-order valence-corrected chi connectivity index (χ4v) is 2.66. The lowest BCUT2D eigenvalue weighted by Gasteiger charge is -2.05. The van der Waals surface area contributed by atoms with Gasteiger partial charge in [-0.2, -0.15) is 0 Å². The molecule has 0 unspecified atom stereocenters. The van der Waals surface area contributed by atoms with Crippen molar-refractivity contribution in [2.75, 3.05) is 0 Å². The van der Waals surface area contributed by atoms with Crippen molar-refractivity contribution in [1.82, 2.24) is 0 Å². The number of benzene rings is 1. The predicted octanol–water partition coefficient (Wildman–Crippen LogP) is 5.00. The third kappa shape index (κ3) is 5.29. The quantitative estimate of drug-likeness (QED) is 0.567. The predicted molar refractivity (Wildman–Crippen MR) is 77.1 cm³/mol. The molecular weight excluding hydrogens is 440 g/mol. The molecule has 0 radical (unpaired) electrons. The van der Waals surface area contributed by atoms with Crippen LogP contribution in [0.2, 0.25) is 0 Å². The van der Waals surface area contributed by atoms with Crippen LogP contribution < -0.4 is 0 Å². The van der Waals surface area contributed by atoms with E-state index in [0.717, 1.165) is 12.8 Å². The molecule has 0 aliphatic rings. The van der Waals surface area contributed by atoms with Gasteiger partial charge in [-0.1, -0.05) is 88.0 Å². The van der Waals surface area contributed by atoms with Crippen LogP contribution in [0.4, 0.5) is 0 Å². The minimum absolute atomic E-state index is 0.362. The van der Waals surface area contributed by atoms with Crippen LogP contribution in [-0.4, -0.2) is 7.47 Å². The number of hydrogen-bond acceptors (Lipinski definition) is 0. The maximum Gasteiger partial charge on any atom is 0.0738 e. The van der Waals surface area contributed by atoms with Gasteiger partial charge in [0.2, 0.25) is 0 Å². The molecule has 1 aromatic carbocycles. The Morgan fingerprint density at radius 1 is 0.714 bits per heavy atom. The number of rotatable bonds is 4. The minimum atomic E-state index is 0.362. The van der Waals surface area contributed by atoms with Crippen molar-refractivity contribution in [1.29, 1.82) is 0 Å². The molecule has 1 rings (SSSR count). The van der Waals surface area contributed by atoms with Crippen LogP contribution in [0.15, 0.2) is 24.3 Å². The second-order valence-electron chi connectivity index (χ2n) is 3.01. The topological polar surface area (TPSA) is 0 Å². The number of alkyl halides is 4. The molecular formula is C10H10Br4. The highest BCUT2D eigenvalue weighted by Gasteiger charge is 2.02. The molecule has 4 heteroatoms. The summed E-state index contributed by atoms with van der Waals surface area (Å²) in [5.74, 6) is 0. The van der Waals surface area contributed by atoms with E-state index < -0.39 is 0 Å². The van der Waals surface area contributed by atoms with Gasteiger partial charge in [-0.15, -0.1) is 0 Å². The normalized spacial score (nSPS) is 11.3. The molecule has 0 atom stereocenters. The van der Waals surface area contributed by atoms with Crippen LogP contribution in [0.3, 0.4) is 0 Å². The van der Waals surface area contributed by atoms with Gasteiger partial charge in [0.1, 0.15) is 0 Å². The molecule has 0 N–H and O–H groups in total. The summed E-state index contributed by atoms with van der Waals surface area (Å²) in [6.07, 6.45) is 2.01. The zero-order valence-electron chi connectivity index (χ0n) is 7.39. The lowest BCUT2D eigenvalue weighted by atomic mass is 10.1. The largest absolute Gasteiger partial charge is 0.0761 e. The minimum Gasteiger partial charge on any atom is -0.0761 e. The Bertz CT molecular complexity index is 237. The highest BCUT2D eigenvalue weighted by atomic mass is 79.9. The van der Waals surface area contributed by atoms with E-state index in [1.54, 1.807) is 0 Å². The summed E-state index contributed by atoms with van der Waals surface area (Å²) in [5, 5.41) is 0. The van der Waals surface area contributed by atoms with E-state index in [-0.39, 0.29) is 0 Å². The smallest absolute Gasteiger partial charge is 0.0738 e. The van der Waals surface area contributed by atoms with E-state index in [9.17, 15) is 0 Å². The van der Waals surface area contributed by atoms with Crippen LogP contribution in [0.5, 0.6) is 0 Å².